The predicted molar refractivity (Wildman–Crippen MR) is 215 cm³/mol. The molecule has 0 unspecified atom stereocenters. The zero-order valence-electron chi connectivity index (χ0n) is 29.2. The first-order chi connectivity index (χ1) is 26.0. The minimum atomic E-state index is -0.211. The molecular formula is C48H32N4O. The van der Waals surface area contributed by atoms with Crippen LogP contribution in [-0.2, 0) is 5.41 Å². The summed E-state index contributed by atoms with van der Waals surface area (Å²) in [4.78, 5) is 14.8. The van der Waals surface area contributed by atoms with Gasteiger partial charge in [-0.3, -0.25) is 0 Å². The first kappa shape index (κ1) is 29.8. The van der Waals surface area contributed by atoms with Crippen molar-refractivity contribution >= 4 is 43.7 Å². The molecule has 0 spiro atoms. The highest BCUT2D eigenvalue weighted by Gasteiger charge is 2.40. The van der Waals surface area contributed by atoms with Crippen molar-refractivity contribution in [3.63, 3.8) is 0 Å². The lowest BCUT2D eigenvalue weighted by Crippen LogP contribution is -2.15. The van der Waals surface area contributed by atoms with E-state index in [2.05, 4.69) is 109 Å². The van der Waals surface area contributed by atoms with Gasteiger partial charge in [-0.15, -0.1) is 0 Å². The molecule has 0 atom stereocenters. The molecule has 53 heavy (non-hydrogen) atoms. The average Bonchev–Trinajstić information content (AvgIpc) is 3.83. The number of para-hydroxylation sites is 2. The molecule has 1 aliphatic rings. The molecule has 0 aliphatic heterocycles. The van der Waals surface area contributed by atoms with E-state index >= 15 is 0 Å². The summed E-state index contributed by atoms with van der Waals surface area (Å²) in [7, 11) is 0. The summed E-state index contributed by atoms with van der Waals surface area (Å²) < 4.78 is 8.77. The number of hydrogen-bond donors (Lipinski definition) is 0. The van der Waals surface area contributed by atoms with Crippen LogP contribution in [0.2, 0.25) is 0 Å². The van der Waals surface area contributed by atoms with Crippen LogP contribution in [0.25, 0.3) is 94.7 Å². The maximum Gasteiger partial charge on any atom is 0.164 e. The van der Waals surface area contributed by atoms with E-state index in [0.717, 1.165) is 33.5 Å². The second kappa shape index (κ2) is 11.1. The largest absolute Gasteiger partial charge is 0.456 e. The van der Waals surface area contributed by atoms with Gasteiger partial charge in [0.2, 0.25) is 0 Å². The number of nitrogens with zero attached hydrogens (tertiary/aromatic N) is 4. The van der Waals surface area contributed by atoms with E-state index in [4.69, 9.17) is 19.4 Å². The third kappa shape index (κ3) is 4.34. The Morgan fingerprint density at radius 2 is 1.06 bits per heavy atom. The topological polar surface area (TPSA) is 56.7 Å². The van der Waals surface area contributed by atoms with Gasteiger partial charge in [0.15, 0.2) is 17.5 Å². The Hall–Kier alpha value is -6.85. The molecule has 0 bridgehead atoms. The van der Waals surface area contributed by atoms with Crippen LogP contribution in [0.4, 0.5) is 0 Å². The summed E-state index contributed by atoms with van der Waals surface area (Å²) in [5.74, 6) is 1.94. The molecule has 5 nitrogen and oxygen atoms in total. The zero-order valence-corrected chi connectivity index (χ0v) is 29.2. The van der Waals surface area contributed by atoms with Crippen LogP contribution in [0.3, 0.4) is 0 Å². The number of rotatable bonds is 4. The van der Waals surface area contributed by atoms with Crippen molar-refractivity contribution in [2.24, 2.45) is 0 Å². The summed E-state index contributed by atoms with van der Waals surface area (Å²) >= 11 is 0. The van der Waals surface area contributed by atoms with Gasteiger partial charge in [0.05, 0.1) is 11.0 Å². The Kier molecular flexibility index (Phi) is 6.23. The fourth-order valence-electron chi connectivity index (χ4n) is 8.65. The molecule has 1 aliphatic carbocycles. The quantitative estimate of drug-likeness (QED) is 0.186. The Morgan fingerprint density at radius 1 is 0.472 bits per heavy atom. The summed E-state index contributed by atoms with van der Waals surface area (Å²) in [6.07, 6.45) is 0. The molecule has 3 aromatic heterocycles. The average molecular weight is 681 g/mol. The Labute approximate surface area is 305 Å². The zero-order chi connectivity index (χ0) is 35.3. The van der Waals surface area contributed by atoms with Crippen LogP contribution in [0.15, 0.2) is 162 Å². The molecule has 0 fully saturated rings. The summed E-state index contributed by atoms with van der Waals surface area (Å²) in [6.45, 7) is 4.71. The minimum absolute atomic E-state index is 0.211. The molecule has 11 rings (SSSR count). The van der Waals surface area contributed by atoms with Crippen LogP contribution in [-0.4, -0.2) is 19.5 Å². The van der Waals surface area contributed by atoms with Crippen LogP contribution in [0, 0.1) is 0 Å². The highest BCUT2D eigenvalue weighted by atomic mass is 16.3. The van der Waals surface area contributed by atoms with Crippen molar-refractivity contribution in [1.82, 2.24) is 19.5 Å². The molecule has 0 N–H and O–H groups in total. The van der Waals surface area contributed by atoms with E-state index in [1.807, 2.05) is 66.7 Å². The van der Waals surface area contributed by atoms with Crippen LogP contribution in [0.5, 0.6) is 0 Å². The van der Waals surface area contributed by atoms with E-state index < -0.39 is 0 Å². The van der Waals surface area contributed by atoms with Gasteiger partial charge >= 0.3 is 0 Å². The van der Waals surface area contributed by atoms with Gasteiger partial charge in [-0.25, -0.2) is 15.0 Å². The van der Waals surface area contributed by atoms with E-state index in [9.17, 15) is 0 Å². The summed E-state index contributed by atoms with van der Waals surface area (Å²) in [5, 5.41) is 4.90. The Morgan fingerprint density at radius 3 is 1.74 bits per heavy atom. The molecule has 0 saturated carbocycles. The Bertz CT molecular complexity index is 3010. The number of benzene rings is 7. The first-order valence-corrected chi connectivity index (χ1v) is 18.0. The van der Waals surface area contributed by atoms with Gasteiger partial charge in [-0.2, -0.15) is 0 Å². The van der Waals surface area contributed by atoms with E-state index in [1.165, 1.54) is 54.8 Å². The second-order valence-corrected chi connectivity index (χ2v) is 14.4. The normalized spacial score (nSPS) is 13.2. The maximum absolute atomic E-state index is 6.37. The molecular weight excluding hydrogens is 649 g/mol. The van der Waals surface area contributed by atoms with Gasteiger partial charge < -0.3 is 8.98 Å². The molecule has 250 valence electrons. The molecule has 0 saturated heterocycles. The molecule has 10 aromatic rings. The van der Waals surface area contributed by atoms with Crippen LogP contribution in [0.1, 0.15) is 25.0 Å². The summed E-state index contributed by atoms with van der Waals surface area (Å²) in [6, 6.07) is 55.1. The highest BCUT2D eigenvalue weighted by molar-refractivity contribution is 6.20. The number of aromatic nitrogens is 4. The number of furan rings is 1. The van der Waals surface area contributed by atoms with Crippen LogP contribution >= 0.6 is 0 Å². The SMILES string of the molecule is CC1(C)c2ccc3c(c2-c2ccc4oc5ccccc5c4c21)c1ccccc1n3-c1ccc(-c2nc(-c3ccccc3)nc(-c3ccccc3)n2)cc1. The van der Waals surface area contributed by atoms with Gasteiger partial charge in [0.1, 0.15) is 11.2 Å². The molecule has 0 radical (unpaired) electrons. The number of fused-ring (bicyclic) bond motifs is 11. The fraction of sp³-hybridized carbons (Fsp3) is 0.0625. The predicted octanol–water partition coefficient (Wildman–Crippen LogP) is 12.2. The van der Waals surface area contributed by atoms with Crippen molar-refractivity contribution < 1.29 is 4.42 Å². The van der Waals surface area contributed by atoms with E-state index in [1.54, 1.807) is 0 Å². The molecule has 0 amide bonds. The monoisotopic (exact) mass is 680 g/mol. The molecule has 3 heterocycles. The molecule has 5 heteroatoms. The van der Waals surface area contributed by atoms with E-state index in [0.29, 0.717) is 17.5 Å². The lowest BCUT2D eigenvalue weighted by molar-refractivity contribution is 0.657. The minimum Gasteiger partial charge on any atom is -0.456 e. The smallest absolute Gasteiger partial charge is 0.164 e. The molecule has 7 aromatic carbocycles. The highest BCUT2D eigenvalue weighted by Crippen LogP contribution is 2.56. The third-order valence-electron chi connectivity index (χ3n) is 11.0. The summed E-state index contributed by atoms with van der Waals surface area (Å²) in [5.41, 5.74) is 13.2. The standard InChI is InChI=1S/C48H32N4O/c1-48(2)36-26-27-38-42(41(36)35-25-28-40-43(44(35)48)34-18-10-12-20-39(34)53-40)33-17-9-11-19-37(33)52(38)32-23-21-31(22-24-32)47-50-45(29-13-5-3-6-14-29)49-46(51-47)30-15-7-4-8-16-30/h3-28H,1-2H3. The van der Waals surface area contributed by atoms with Gasteiger partial charge in [0, 0.05) is 49.3 Å². The van der Waals surface area contributed by atoms with Crippen molar-refractivity contribution in [1.29, 1.82) is 0 Å². The van der Waals surface area contributed by atoms with E-state index in [-0.39, 0.29) is 5.41 Å². The van der Waals surface area contributed by atoms with Crippen molar-refractivity contribution in [2.75, 3.05) is 0 Å². The van der Waals surface area contributed by atoms with Crippen molar-refractivity contribution in [2.45, 2.75) is 19.3 Å². The van der Waals surface area contributed by atoms with Gasteiger partial charge in [-0.1, -0.05) is 123 Å². The maximum atomic E-state index is 6.37. The van der Waals surface area contributed by atoms with Crippen LogP contribution < -0.4 is 0 Å². The first-order valence-electron chi connectivity index (χ1n) is 18.0. The Balaban J connectivity index is 1.10. The second-order valence-electron chi connectivity index (χ2n) is 14.4. The van der Waals surface area contributed by atoms with Gasteiger partial charge in [0.25, 0.3) is 0 Å². The lowest BCUT2D eigenvalue weighted by atomic mass is 9.80. The van der Waals surface area contributed by atoms with Crippen molar-refractivity contribution in [3.8, 4) is 51.0 Å². The fourth-order valence-corrected chi connectivity index (χ4v) is 8.65. The van der Waals surface area contributed by atoms with Gasteiger partial charge in [-0.05, 0) is 70.8 Å². The number of hydrogen-bond acceptors (Lipinski definition) is 4. The lowest BCUT2D eigenvalue weighted by Gasteiger charge is -2.22. The third-order valence-corrected chi connectivity index (χ3v) is 11.0. The van der Waals surface area contributed by atoms with Crippen molar-refractivity contribution in [3.05, 3.63) is 169 Å².